The molecule has 3 nitrogen and oxygen atoms in total. The third kappa shape index (κ3) is 3.93. The van der Waals surface area contributed by atoms with Gasteiger partial charge in [0.15, 0.2) is 0 Å². The molecule has 1 N–H and O–H groups in total. The van der Waals surface area contributed by atoms with E-state index < -0.39 is 0 Å². The van der Waals surface area contributed by atoms with Gasteiger partial charge in [-0.1, -0.05) is 23.4 Å². The number of aromatic nitrogens is 1. The van der Waals surface area contributed by atoms with Crippen molar-refractivity contribution < 1.29 is 4.74 Å². The SMILES string of the molecule is COc1ccc(C)c(Nc2ccnc(C)c2SC(C)=C(C)C)c1C. The summed E-state index contributed by atoms with van der Waals surface area (Å²) in [6, 6.07) is 6.12. The standard InChI is InChI=1S/C20H26N2OS/c1-12(2)16(6)24-20-15(5)21-11-10-17(20)22-19-13(3)8-9-18(23-7)14(19)4/h8-11H,1-7H3,(H,21,22). The van der Waals surface area contributed by atoms with Crippen LogP contribution in [0.3, 0.4) is 0 Å². The van der Waals surface area contributed by atoms with Crippen molar-refractivity contribution in [3.63, 3.8) is 0 Å². The number of hydrogen-bond donors (Lipinski definition) is 1. The minimum atomic E-state index is 0.892. The summed E-state index contributed by atoms with van der Waals surface area (Å²) >= 11 is 1.77. The van der Waals surface area contributed by atoms with Crippen molar-refractivity contribution in [3.05, 3.63) is 51.7 Å². The van der Waals surface area contributed by atoms with E-state index in [4.69, 9.17) is 4.74 Å². The van der Waals surface area contributed by atoms with E-state index in [0.717, 1.165) is 33.3 Å². The first-order chi connectivity index (χ1) is 11.3. The highest BCUT2D eigenvalue weighted by Crippen LogP contribution is 2.39. The highest BCUT2D eigenvalue weighted by atomic mass is 32.2. The maximum Gasteiger partial charge on any atom is 0.123 e. The minimum Gasteiger partial charge on any atom is -0.496 e. The molecule has 0 saturated heterocycles. The molecule has 1 aromatic heterocycles. The summed E-state index contributed by atoms with van der Waals surface area (Å²) in [5.74, 6) is 0.892. The number of benzene rings is 1. The van der Waals surface area contributed by atoms with Crippen LogP contribution in [-0.2, 0) is 0 Å². The fourth-order valence-electron chi connectivity index (χ4n) is 2.41. The van der Waals surface area contributed by atoms with E-state index in [0.29, 0.717) is 0 Å². The molecule has 24 heavy (non-hydrogen) atoms. The Morgan fingerprint density at radius 3 is 2.42 bits per heavy atom. The smallest absolute Gasteiger partial charge is 0.123 e. The Morgan fingerprint density at radius 2 is 1.79 bits per heavy atom. The number of thioether (sulfide) groups is 1. The number of hydrogen-bond acceptors (Lipinski definition) is 4. The molecule has 0 spiro atoms. The summed E-state index contributed by atoms with van der Waals surface area (Å²) in [6.45, 7) is 12.7. The van der Waals surface area contributed by atoms with Crippen molar-refractivity contribution in [1.82, 2.24) is 4.98 Å². The Morgan fingerprint density at radius 1 is 1.08 bits per heavy atom. The molecule has 0 fully saturated rings. The van der Waals surface area contributed by atoms with Gasteiger partial charge in [0, 0.05) is 17.4 Å². The molecule has 0 radical (unpaired) electrons. The summed E-state index contributed by atoms with van der Waals surface area (Å²) in [5.41, 5.74) is 6.83. The van der Waals surface area contributed by atoms with Gasteiger partial charge in [0.2, 0.25) is 0 Å². The van der Waals surface area contributed by atoms with E-state index >= 15 is 0 Å². The highest BCUT2D eigenvalue weighted by Gasteiger charge is 2.13. The van der Waals surface area contributed by atoms with E-state index in [9.17, 15) is 0 Å². The molecule has 2 aromatic rings. The van der Waals surface area contributed by atoms with Crippen LogP contribution >= 0.6 is 11.8 Å². The van der Waals surface area contributed by atoms with E-state index in [1.807, 2.05) is 18.3 Å². The van der Waals surface area contributed by atoms with E-state index in [1.165, 1.54) is 16.0 Å². The second kappa shape index (κ2) is 7.75. The minimum absolute atomic E-state index is 0.892. The number of nitrogens with one attached hydrogen (secondary N) is 1. The van der Waals surface area contributed by atoms with E-state index in [-0.39, 0.29) is 0 Å². The fourth-order valence-corrected chi connectivity index (χ4v) is 3.35. The Labute approximate surface area is 149 Å². The first kappa shape index (κ1) is 18.4. The van der Waals surface area contributed by atoms with Crippen LogP contribution in [0, 0.1) is 20.8 Å². The summed E-state index contributed by atoms with van der Waals surface area (Å²) in [7, 11) is 1.71. The van der Waals surface area contributed by atoms with Gasteiger partial charge in [0.05, 0.1) is 23.4 Å². The number of nitrogens with zero attached hydrogens (tertiary/aromatic N) is 1. The van der Waals surface area contributed by atoms with Crippen molar-refractivity contribution in [2.45, 2.75) is 46.4 Å². The third-order valence-electron chi connectivity index (χ3n) is 4.15. The molecule has 0 unspecified atom stereocenters. The molecule has 128 valence electrons. The molecule has 0 aliphatic rings. The van der Waals surface area contributed by atoms with Gasteiger partial charge in [-0.2, -0.15) is 0 Å². The average molecular weight is 343 g/mol. The Kier molecular flexibility index (Phi) is 5.94. The lowest BCUT2D eigenvalue weighted by molar-refractivity contribution is 0.412. The topological polar surface area (TPSA) is 34.1 Å². The predicted molar refractivity (Wildman–Crippen MR) is 105 cm³/mol. The number of methoxy groups -OCH3 is 1. The van der Waals surface area contributed by atoms with Crippen molar-refractivity contribution in [1.29, 1.82) is 0 Å². The highest BCUT2D eigenvalue weighted by molar-refractivity contribution is 8.03. The zero-order valence-corrected chi connectivity index (χ0v) is 16.4. The van der Waals surface area contributed by atoms with Crippen LogP contribution in [0.1, 0.15) is 37.6 Å². The number of allylic oxidation sites excluding steroid dienone is 2. The number of ether oxygens (including phenoxy) is 1. The van der Waals surface area contributed by atoms with Crippen molar-refractivity contribution in [2.75, 3.05) is 12.4 Å². The fraction of sp³-hybridized carbons (Fsp3) is 0.350. The molecule has 0 atom stereocenters. The summed E-state index contributed by atoms with van der Waals surface area (Å²) in [4.78, 5) is 6.93. The van der Waals surface area contributed by atoms with Crippen LogP contribution < -0.4 is 10.1 Å². The molecular weight excluding hydrogens is 316 g/mol. The van der Waals surface area contributed by atoms with E-state index in [2.05, 4.69) is 57.9 Å². The second-order valence-electron chi connectivity index (χ2n) is 6.14. The van der Waals surface area contributed by atoms with Gasteiger partial charge >= 0.3 is 0 Å². The van der Waals surface area contributed by atoms with Crippen molar-refractivity contribution in [3.8, 4) is 5.75 Å². The van der Waals surface area contributed by atoms with Crippen molar-refractivity contribution >= 4 is 23.1 Å². The molecule has 0 bridgehead atoms. The quantitative estimate of drug-likeness (QED) is 0.659. The molecule has 0 aliphatic carbocycles. The number of aryl methyl sites for hydroxylation is 2. The Bertz CT molecular complexity index is 777. The predicted octanol–water partition coefficient (Wildman–Crippen LogP) is 6.16. The third-order valence-corrected chi connectivity index (χ3v) is 5.58. The van der Waals surface area contributed by atoms with Gasteiger partial charge in [-0.15, -0.1) is 0 Å². The molecule has 1 aromatic carbocycles. The average Bonchev–Trinajstić information content (AvgIpc) is 2.54. The number of anilines is 2. The van der Waals surface area contributed by atoms with E-state index in [1.54, 1.807) is 18.9 Å². The zero-order chi connectivity index (χ0) is 17.9. The molecule has 0 amide bonds. The molecular formula is C20H26N2OS. The van der Waals surface area contributed by atoms with Crippen LogP contribution in [0.5, 0.6) is 5.75 Å². The monoisotopic (exact) mass is 342 g/mol. The number of pyridine rings is 1. The van der Waals surface area contributed by atoms with Gasteiger partial charge in [0.1, 0.15) is 5.75 Å². The maximum atomic E-state index is 5.46. The van der Waals surface area contributed by atoms with Gasteiger partial charge in [-0.3, -0.25) is 4.98 Å². The van der Waals surface area contributed by atoms with Crippen LogP contribution in [0.15, 0.2) is 39.8 Å². The van der Waals surface area contributed by atoms with Crippen molar-refractivity contribution in [2.24, 2.45) is 0 Å². The molecule has 4 heteroatoms. The van der Waals surface area contributed by atoms with Crippen LogP contribution in [0.4, 0.5) is 11.4 Å². The number of rotatable bonds is 5. The van der Waals surface area contributed by atoms with Gasteiger partial charge in [-0.25, -0.2) is 0 Å². The zero-order valence-electron chi connectivity index (χ0n) is 15.6. The summed E-state index contributed by atoms with van der Waals surface area (Å²) in [5, 5.41) is 3.61. The maximum absolute atomic E-state index is 5.46. The largest absolute Gasteiger partial charge is 0.496 e. The lowest BCUT2D eigenvalue weighted by Crippen LogP contribution is -2.01. The lowest BCUT2D eigenvalue weighted by Gasteiger charge is -2.18. The lowest BCUT2D eigenvalue weighted by atomic mass is 10.1. The molecule has 0 aliphatic heterocycles. The Hall–Kier alpha value is -1.94. The van der Waals surface area contributed by atoms with Gasteiger partial charge in [-0.05, 0) is 64.1 Å². The summed E-state index contributed by atoms with van der Waals surface area (Å²) < 4.78 is 5.46. The van der Waals surface area contributed by atoms with Crippen LogP contribution in [0.25, 0.3) is 0 Å². The second-order valence-corrected chi connectivity index (χ2v) is 7.37. The molecule has 1 heterocycles. The van der Waals surface area contributed by atoms with Gasteiger partial charge in [0.25, 0.3) is 0 Å². The molecule has 2 rings (SSSR count). The normalized spacial score (nSPS) is 10.5. The Balaban J connectivity index is 2.48. The van der Waals surface area contributed by atoms with Crippen LogP contribution in [0.2, 0.25) is 0 Å². The molecule has 0 saturated carbocycles. The van der Waals surface area contributed by atoms with Gasteiger partial charge < -0.3 is 10.1 Å². The first-order valence-electron chi connectivity index (χ1n) is 8.04. The van der Waals surface area contributed by atoms with Crippen LogP contribution in [-0.4, -0.2) is 12.1 Å². The summed E-state index contributed by atoms with van der Waals surface area (Å²) in [6.07, 6.45) is 1.85. The first-order valence-corrected chi connectivity index (χ1v) is 8.85.